The van der Waals surface area contributed by atoms with Crippen molar-refractivity contribution in [3.63, 3.8) is 0 Å². The Kier molecular flexibility index (Phi) is 3.04. The quantitative estimate of drug-likeness (QED) is 0.731. The molecule has 0 saturated carbocycles. The first-order valence-corrected chi connectivity index (χ1v) is 5.14. The Morgan fingerprint density at radius 2 is 2.29 bits per heavy atom. The summed E-state index contributed by atoms with van der Waals surface area (Å²) < 4.78 is 0. The lowest BCUT2D eigenvalue weighted by molar-refractivity contribution is -0.136. The molecule has 2 rings (SSSR count). The number of aromatic nitrogens is 3. The van der Waals surface area contributed by atoms with Crippen molar-refractivity contribution < 1.29 is 9.90 Å². The minimum atomic E-state index is -0.856. The van der Waals surface area contributed by atoms with Crippen LogP contribution in [0.25, 0.3) is 11.3 Å². The molecule has 2 aromatic heterocycles. The Morgan fingerprint density at radius 1 is 1.47 bits per heavy atom. The highest BCUT2D eigenvalue weighted by molar-refractivity contribution is 5.74. The van der Waals surface area contributed by atoms with Gasteiger partial charge in [-0.25, -0.2) is 0 Å². The fourth-order valence-corrected chi connectivity index (χ4v) is 1.60. The fraction of sp³-hybridized carbons (Fsp3) is 0.182. The Hall–Kier alpha value is -2.37. The SMILES string of the molecule is Nc1n[nH]c(CCC(=O)O)c1-c1ccccn1. The van der Waals surface area contributed by atoms with Gasteiger partial charge in [0.25, 0.3) is 0 Å². The normalized spacial score (nSPS) is 10.4. The van der Waals surface area contributed by atoms with Crippen LogP contribution in [-0.4, -0.2) is 26.3 Å². The van der Waals surface area contributed by atoms with E-state index in [1.165, 1.54) is 0 Å². The lowest BCUT2D eigenvalue weighted by Gasteiger charge is -2.01. The summed E-state index contributed by atoms with van der Waals surface area (Å²) in [6, 6.07) is 5.46. The van der Waals surface area contributed by atoms with Crippen molar-refractivity contribution in [2.75, 3.05) is 5.73 Å². The molecule has 2 heterocycles. The van der Waals surface area contributed by atoms with Gasteiger partial charge in [0.1, 0.15) is 0 Å². The van der Waals surface area contributed by atoms with Crippen molar-refractivity contribution >= 4 is 11.8 Å². The van der Waals surface area contributed by atoms with Crippen LogP contribution in [0.1, 0.15) is 12.1 Å². The third-order valence-corrected chi connectivity index (χ3v) is 2.38. The molecule has 88 valence electrons. The second-order valence-corrected chi connectivity index (χ2v) is 3.57. The highest BCUT2D eigenvalue weighted by Crippen LogP contribution is 2.26. The van der Waals surface area contributed by atoms with Gasteiger partial charge in [-0.15, -0.1) is 0 Å². The van der Waals surface area contributed by atoms with Crippen LogP contribution < -0.4 is 5.73 Å². The fourth-order valence-electron chi connectivity index (χ4n) is 1.60. The molecule has 4 N–H and O–H groups in total. The first kappa shape index (κ1) is 11.1. The number of nitrogens with zero attached hydrogens (tertiary/aromatic N) is 2. The average Bonchev–Trinajstić information content (AvgIpc) is 2.69. The summed E-state index contributed by atoms with van der Waals surface area (Å²) in [5.41, 5.74) is 7.83. The van der Waals surface area contributed by atoms with Crippen molar-refractivity contribution in [1.82, 2.24) is 15.2 Å². The number of H-pyrrole nitrogens is 1. The zero-order valence-electron chi connectivity index (χ0n) is 9.05. The summed E-state index contributed by atoms with van der Waals surface area (Å²) in [6.45, 7) is 0. The van der Waals surface area contributed by atoms with E-state index in [0.29, 0.717) is 29.2 Å². The molecule has 0 saturated heterocycles. The molecule has 0 amide bonds. The van der Waals surface area contributed by atoms with Crippen LogP contribution in [0.4, 0.5) is 5.82 Å². The maximum Gasteiger partial charge on any atom is 0.303 e. The van der Waals surface area contributed by atoms with E-state index in [1.54, 1.807) is 12.3 Å². The van der Waals surface area contributed by atoms with Crippen molar-refractivity contribution in [3.8, 4) is 11.3 Å². The molecule has 0 unspecified atom stereocenters. The Bertz CT molecular complexity index is 522. The maximum absolute atomic E-state index is 10.5. The number of hydrogen-bond donors (Lipinski definition) is 3. The molecule has 0 fully saturated rings. The Balaban J connectivity index is 2.33. The van der Waals surface area contributed by atoms with Crippen LogP contribution in [0.15, 0.2) is 24.4 Å². The highest BCUT2D eigenvalue weighted by atomic mass is 16.4. The molecular weight excluding hydrogens is 220 g/mol. The van der Waals surface area contributed by atoms with Crippen molar-refractivity contribution in [3.05, 3.63) is 30.1 Å². The molecule has 0 atom stereocenters. The summed E-state index contributed by atoms with van der Waals surface area (Å²) >= 11 is 0. The number of pyridine rings is 1. The second-order valence-electron chi connectivity index (χ2n) is 3.57. The number of carbonyl (C=O) groups is 1. The van der Waals surface area contributed by atoms with E-state index in [-0.39, 0.29) is 6.42 Å². The number of hydrogen-bond acceptors (Lipinski definition) is 4. The summed E-state index contributed by atoms with van der Waals surface area (Å²) in [5, 5.41) is 15.3. The number of aliphatic carboxylic acids is 1. The topological polar surface area (TPSA) is 105 Å². The van der Waals surface area contributed by atoms with Crippen LogP contribution in [0.2, 0.25) is 0 Å². The van der Waals surface area contributed by atoms with Crippen LogP contribution >= 0.6 is 0 Å². The monoisotopic (exact) mass is 232 g/mol. The third-order valence-electron chi connectivity index (χ3n) is 2.38. The van der Waals surface area contributed by atoms with Gasteiger partial charge < -0.3 is 10.8 Å². The number of nitrogen functional groups attached to an aromatic ring is 1. The molecule has 6 heteroatoms. The predicted octanol–water partition coefficient (Wildman–Crippen LogP) is 1.07. The molecule has 0 aliphatic carbocycles. The Labute approximate surface area is 97.5 Å². The molecule has 0 aromatic carbocycles. The van der Waals surface area contributed by atoms with Gasteiger partial charge >= 0.3 is 5.97 Å². The largest absolute Gasteiger partial charge is 0.481 e. The lowest BCUT2D eigenvalue weighted by atomic mass is 10.1. The summed E-state index contributed by atoms with van der Waals surface area (Å²) in [5.74, 6) is -0.519. The summed E-state index contributed by atoms with van der Waals surface area (Å²) in [6.07, 6.45) is 2.04. The van der Waals surface area contributed by atoms with Crippen molar-refractivity contribution in [2.45, 2.75) is 12.8 Å². The number of carboxylic acids is 1. The first-order chi connectivity index (χ1) is 8.18. The van der Waals surface area contributed by atoms with E-state index in [1.807, 2.05) is 12.1 Å². The van der Waals surface area contributed by atoms with E-state index >= 15 is 0 Å². The number of nitrogens with one attached hydrogen (secondary N) is 1. The van der Waals surface area contributed by atoms with Gasteiger partial charge in [0.05, 0.1) is 17.7 Å². The van der Waals surface area contributed by atoms with E-state index < -0.39 is 5.97 Å². The molecule has 0 spiro atoms. The molecule has 0 aliphatic heterocycles. The zero-order valence-corrected chi connectivity index (χ0v) is 9.05. The van der Waals surface area contributed by atoms with Crippen molar-refractivity contribution in [2.24, 2.45) is 0 Å². The molecule has 17 heavy (non-hydrogen) atoms. The number of aryl methyl sites for hydroxylation is 1. The number of aromatic amines is 1. The minimum Gasteiger partial charge on any atom is -0.481 e. The molecule has 0 aliphatic rings. The minimum absolute atomic E-state index is 0.0292. The predicted molar refractivity (Wildman–Crippen MR) is 62.2 cm³/mol. The van der Waals surface area contributed by atoms with Crippen LogP contribution in [0, 0.1) is 0 Å². The Morgan fingerprint density at radius 3 is 2.94 bits per heavy atom. The van der Waals surface area contributed by atoms with Crippen molar-refractivity contribution in [1.29, 1.82) is 0 Å². The maximum atomic E-state index is 10.5. The number of carboxylic acid groups (broad SMARTS) is 1. The molecule has 0 radical (unpaired) electrons. The lowest BCUT2D eigenvalue weighted by Crippen LogP contribution is -1.99. The smallest absolute Gasteiger partial charge is 0.303 e. The van der Waals surface area contributed by atoms with Gasteiger partial charge in [-0.2, -0.15) is 5.10 Å². The highest BCUT2D eigenvalue weighted by Gasteiger charge is 2.14. The van der Waals surface area contributed by atoms with Gasteiger partial charge in [-0.1, -0.05) is 6.07 Å². The van der Waals surface area contributed by atoms with Crippen LogP contribution in [0.5, 0.6) is 0 Å². The van der Waals surface area contributed by atoms with E-state index in [4.69, 9.17) is 10.8 Å². The molecular formula is C11H12N4O2. The second kappa shape index (κ2) is 4.65. The first-order valence-electron chi connectivity index (χ1n) is 5.14. The van der Waals surface area contributed by atoms with Gasteiger partial charge in [0.15, 0.2) is 5.82 Å². The molecule has 2 aromatic rings. The summed E-state index contributed by atoms with van der Waals surface area (Å²) in [7, 11) is 0. The van der Waals surface area contributed by atoms with E-state index in [9.17, 15) is 4.79 Å². The standard InChI is InChI=1S/C11H12N4O2/c12-11-10(7-3-1-2-6-13-7)8(14-15-11)4-5-9(16)17/h1-3,6H,4-5H2,(H,16,17)(H3,12,14,15). The van der Waals surface area contributed by atoms with Gasteiger partial charge in [-0.3, -0.25) is 14.9 Å². The number of anilines is 1. The van der Waals surface area contributed by atoms with E-state index in [2.05, 4.69) is 15.2 Å². The molecule has 0 bridgehead atoms. The zero-order chi connectivity index (χ0) is 12.3. The van der Waals surface area contributed by atoms with Crippen LogP contribution in [-0.2, 0) is 11.2 Å². The number of nitrogens with two attached hydrogens (primary N) is 1. The van der Waals surface area contributed by atoms with Gasteiger partial charge in [-0.05, 0) is 12.1 Å². The summed E-state index contributed by atoms with van der Waals surface area (Å²) in [4.78, 5) is 14.7. The van der Waals surface area contributed by atoms with E-state index in [0.717, 1.165) is 0 Å². The third kappa shape index (κ3) is 2.41. The number of rotatable bonds is 4. The van der Waals surface area contributed by atoms with Gasteiger partial charge in [0.2, 0.25) is 0 Å². The van der Waals surface area contributed by atoms with Gasteiger partial charge in [0, 0.05) is 18.3 Å². The molecule has 6 nitrogen and oxygen atoms in total. The average molecular weight is 232 g/mol. The van der Waals surface area contributed by atoms with Crippen LogP contribution in [0.3, 0.4) is 0 Å².